The van der Waals surface area contributed by atoms with Crippen molar-refractivity contribution in [2.75, 3.05) is 12.0 Å². The van der Waals surface area contributed by atoms with Crippen molar-refractivity contribution in [3.05, 3.63) is 82.4 Å². The lowest BCUT2D eigenvalue weighted by molar-refractivity contribution is 0.185. The Morgan fingerprint density at radius 1 is 1.06 bits per heavy atom. The number of carbonyl (C=O) groups is 2. The van der Waals surface area contributed by atoms with E-state index in [4.69, 9.17) is 4.74 Å². The number of aryl methyl sites for hydroxylation is 1. The molecule has 0 spiro atoms. The highest BCUT2D eigenvalue weighted by atomic mass is 16.5. The molecular weight excluding hydrogens is 426 g/mol. The summed E-state index contributed by atoms with van der Waals surface area (Å²) in [5.74, 6) is 0.648. The van der Waals surface area contributed by atoms with Gasteiger partial charge in [0.25, 0.3) is 5.56 Å². The molecule has 172 valence electrons. The van der Waals surface area contributed by atoms with Crippen LogP contribution in [0.2, 0.25) is 0 Å². The Labute approximate surface area is 190 Å². The number of H-pyrrole nitrogens is 1. The van der Waals surface area contributed by atoms with Crippen LogP contribution in [-0.4, -0.2) is 33.5 Å². The van der Waals surface area contributed by atoms with Gasteiger partial charge in [-0.1, -0.05) is 29.8 Å². The number of imide groups is 1. The zero-order chi connectivity index (χ0) is 23.6. The van der Waals surface area contributed by atoms with Crippen LogP contribution in [0.4, 0.5) is 15.3 Å². The second kappa shape index (κ2) is 11.3. The second-order valence-electron chi connectivity index (χ2n) is 6.94. The normalized spacial score (nSPS) is 10.2. The minimum atomic E-state index is -0.619. The van der Waals surface area contributed by atoms with Crippen molar-refractivity contribution < 1.29 is 14.3 Å². The van der Waals surface area contributed by atoms with Gasteiger partial charge in [0.1, 0.15) is 5.75 Å². The van der Waals surface area contributed by atoms with Gasteiger partial charge in [-0.25, -0.2) is 19.5 Å². The number of urea groups is 2. The summed E-state index contributed by atoms with van der Waals surface area (Å²) in [6.45, 7) is 4.19. The summed E-state index contributed by atoms with van der Waals surface area (Å²) in [7, 11) is 0. The van der Waals surface area contributed by atoms with Gasteiger partial charge in [0.2, 0.25) is 5.88 Å². The molecule has 33 heavy (non-hydrogen) atoms. The van der Waals surface area contributed by atoms with Crippen LogP contribution in [0.5, 0.6) is 11.6 Å². The molecule has 3 rings (SSSR count). The van der Waals surface area contributed by atoms with Crippen LogP contribution >= 0.6 is 0 Å². The van der Waals surface area contributed by atoms with Gasteiger partial charge in [-0.15, -0.1) is 5.53 Å². The predicted molar refractivity (Wildman–Crippen MR) is 122 cm³/mol. The van der Waals surface area contributed by atoms with Gasteiger partial charge in [-0.3, -0.25) is 10.2 Å². The molecule has 2 aromatic carbocycles. The van der Waals surface area contributed by atoms with Gasteiger partial charge >= 0.3 is 12.1 Å². The minimum absolute atomic E-state index is 0.171. The number of benzene rings is 2. The molecule has 11 nitrogen and oxygen atoms in total. The molecule has 0 radical (unpaired) electrons. The second-order valence-corrected chi connectivity index (χ2v) is 6.94. The number of aromatic amines is 1. The van der Waals surface area contributed by atoms with Crippen LogP contribution in [0, 0.1) is 6.92 Å². The number of amides is 4. The highest BCUT2D eigenvalue weighted by Crippen LogP contribution is 2.19. The average Bonchev–Trinajstić information content (AvgIpc) is 2.80. The number of ether oxygens (including phenoxy) is 1. The SMILES string of the molecule is CCN(C(=O)NCc1ccc(C)cc1)C(=O)NNNc1ccc(Oc2cc(=O)[nH]cn2)cc1. The average molecular weight is 451 g/mol. The van der Waals surface area contributed by atoms with Crippen molar-refractivity contribution in [1.82, 2.24) is 31.1 Å². The first-order valence-electron chi connectivity index (χ1n) is 10.2. The molecule has 0 saturated heterocycles. The van der Waals surface area contributed by atoms with Gasteiger partial charge in [-0.2, -0.15) is 0 Å². The van der Waals surface area contributed by atoms with E-state index in [0.29, 0.717) is 18.0 Å². The van der Waals surface area contributed by atoms with Crippen LogP contribution in [0.25, 0.3) is 0 Å². The monoisotopic (exact) mass is 451 g/mol. The molecule has 0 atom stereocenters. The Morgan fingerprint density at radius 2 is 1.79 bits per heavy atom. The zero-order valence-electron chi connectivity index (χ0n) is 18.2. The molecule has 4 amide bonds. The number of nitrogens with zero attached hydrogens (tertiary/aromatic N) is 2. The van der Waals surface area contributed by atoms with E-state index in [2.05, 4.69) is 31.7 Å². The number of hydrazine groups is 2. The highest BCUT2D eigenvalue weighted by Gasteiger charge is 2.19. The molecule has 1 aromatic heterocycles. The summed E-state index contributed by atoms with van der Waals surface area (Å²) >= 11 is 0. The first kappa shape index (κ1) is 23.3. The van der Waals surface area contributed by atoms with Crippen LogP contribution in [0.3, 0.4) is 0 Å². The quantitative estimate of drug-likeness (QED) is 0.332. The molecule has 11 heteroatoms. The molecule has 0 saturated carbocycles. The zero-order valence-corrected chi connectivity index (χ0v) is 18.2. The lowest BCUT2D eigenvalue weighted by Crippen LogP contribution is -2.53. The summed E-state index contributed by atoms with van der Waals surface area (Å²) < 4.78 is 5.49. The van der Waals surface area contributed by atoms with E-state index in [9.17, 15) is 14.4 Å². The minimum Gasteiger partial charge on any atom is -0.439 e. The lowest BCUT2D eigenvalue weighted by atomic mass is 10.1. The fourth-order valence-corrected chi connectivity index (χ4v) is 2.72. The molecule has 0 bridgehead atoms. The Balaban J connectivity index is 1.44. The smallest absolute Gasteiger partial charge is 0.341 e. The van der Waals surface area contributed by atoms with Crippen molar-refractivity contribution in [3.63, 3.8) is 0 Å². The van der Waals surface area contributed by atoms with Crippen LogP contribution in [-0.2, 0) is 6.54 Å². The molecule has 0 aliphatic heterocycles. The summed E-state index contributed by atoms with van der Waals surface area (Å²) in [5.41, 5.74) is 10.1. The molecule has 0 aliphatic rings. The maximum atomic E-state index is 12.4. The molecule has 3 aromatic rings. The molecule has 0 fully saturated rings. The molecule has 0 aliphatic carbocycles. The van der Waals surface area contributed by atoms with Gasteiger partial charge in [0.15, 0.2) is 0 Å². The molecule has 5 N–H and O–H groups in total. The Bertz CT molecular complexity index is 1130. The standard InChI is InChI=1S/C22H25N7O4/c1-3-29(21(31)23-13-16-6-4-15(2)5-7-16)22(32)27-28-26-17-8-10-18(11-9-17)33-20-12-19(30)24-14-25-20/h4-12,14,26,28H,3,13H2,1-2H3,(H,23,31)(H,27,32)(H,24,25,30). The van der Waals surface area contributed by atoms with Gasteiger partial charge < -0.3 is 20.5 Å². The molecule has 0 unspecified atom stereocenters. The maximum Gasteiger partial charge on any atom is 0.341 e. The fourth-order valence-electron chi connectivity index (χ4n) is 2.72. The lowest BCUT2D eigenvalue weighted by Gasteiger charge is -2.20. The fraction of sp³-hybridized carbons (Fsp3) is 0.182. The van der Waals surface area contributed by atoms with E-state index < -0.39 is 12.1 Å². The summed E-state index contributed by atoms with van der Waals surface area (Å²) in [6.07, 6.45) is 1.25. The van der Waals surface area contributed by atoms with Crippen molar-refractivity contribution in [1.29, 1.82) is 0 Å². The van der Waals surface area contributed by atoms with Crippen LogP contribution in [0.15, 0.2) is 65.7 Å². The van der Waals surface area contributed by atoms with E-state index in [1.54, 1.807) is 31.2 Å². The Morgan fingerprint density at radius 3 is 2.45 bits per heavy atom. The number of aromatic nitrogens is 2. The number of rotatable bonds is 8. The van der Waals surface area contributed by atoms with Crippen molar-refractivity contribution in [2.24, 2.45) is 0 Å². The van der Waals surface area contributed by atoms with E-state index >= 15 is 0 Å². The highest BCUT2D eigenvalue weighted by molar-refractivity contribution is 5.93. The van der Waals surface area contributed by atoms with Gasteiger partial charge in [0.05, 0.1) is 18.1 Å². The van der Waals surface area contributed by atoms with Crippen molar-refractivity contribution in [3.8, 4) is 11.6 Å². The topological polar surface area (TPSA) is 140 Å². The number of hydrogen-bond donors (Lipinski definition) is 5. The van der Waals surface area contributed by atoms with E-state index in [0.717, 1.165) is 16.0 Å². The summed E-state index contributed by atoms with van der Waals surface area (Å²) in [5, 5.41) is 2.73. The van der Waals surface area contributed by atoms with Gasteiger partial charge in [0, 0.05) is 13.1 Å². The first-order chi connectivity index (χ1) is 15.9. The Kier molecular flexibility index (Phi) is 7.97. The number of carbonyl (C=O) groups excluding carboxylic acids is 2. The largest absolute Gasteiger partial charge is 0.439 e. The van der Waals surface area contributed by atoms with Gasteiger partial charge in [-0.05, 0) is 43.7 Å². The van der Waals surface area contributed by atoms with Crippen molar-refractivity contribution in [2.45, 2.75) is 20.4 Å². The third kappa shape index (κ3) is 7.08. The van der Waals surface area contributed by atoms with E-state index in [-0.39, 0.29) is 18.0 Å². The van der Waals surface area contributed by atoms with E-state index in [1.807, 2.05) is 31.2 Å². The number of hydrogen-bond acceptors (Lipinski definition) is 7. The molecule has 1 heterocycles. The molecular formula is C22H25N7O4. The van der Waals surface area contributed by atoms with Crippen molar-refractivity contribution >= 4 is 17.7 Å². The van der Waals surface area contributed by atoms with Crippen LogP contribution < -0.4 is 32.0 Å². The predicted octanol–water partition coefficient (Wildman–Crippen LogP) is 2.64. The third-order valence-electron chi connectivity index (χ3n) is 4.48. The third-order valence-corrected chi connectivity index (χ3v) is 4.48. The number of nitrogens with one attached hydrogen (secondary N) is 5. The van der Waals surface area contributed by atoms with Crippen LogP contribution in [0.1, 0.15) is 18.1 Å². The maximum absolute atomic E-state index is 12.4. The number of anilines is 1. The summed E-state index contributed by atoms with van der Waals surface area (Å²) in [4.78, 5) is 43.3. The Hall–Kier alpha value is -4.38. The first-order valence-corrected chi connectivity index (χ1v) is 10.2. The van der Waals surface area contributed by atoms with E-state index in [1.165, 1.54) is 12.4 Å². The summed E-state index contributed by atoms with van der Waals surface area (Å²) in [6, 6.07) is 14.6.